The highest BCUT2D eigenvalue weighted by Gasteiger charge is 2.25. The third-order valence-electron chi connectivity index (χ3n) is 14.6. The van der Waals surface area contributed by atoms with Gasteiger partial charge >= 0.3 is 17.9 Å². The molecule has 0 aliphatic heterocycles. The van der Waals surface area contributed by atoms with Crippen LogP contribution in [-0.2, 0) is 33.3 Å². The fourth-order valence-electron chi connectivity index (χ4n) is 9.48. The molecular weight excluding hydrogens is 1010 g/mol. The molecule has 0 saturated heterocycles. The molecule has 0 aliphatic carbocycles. The highest BCUT2D eigenvalue weighted by Crippen LogP contribution is 2.17. The second kappa shape index (κ2) is 62.5. The molecule has 0 aromatic rings. The maximum Gasteiger partial charge on any atom is 0.361 e. The molecule has 2 atom stereocenters. The Kier molecular flexibility index (Phi) is 59.8. The number of hydrogen-bond acceptors (Lipinski definition) is 7. The molecule has 0 aromatic carbocycles. The fraction of sp³-hybridized carbons (Fsp3) is 0.764. The second-order valence-electron chi connectivity index (χ2n) is 23.7. The third kappa shape index (κ3) is 63.9. The predicted molar refractivity (Wildman–Crippen MR) is 346 cm³/mol. The minimum Gasteiger partial charge on any atom is -0.477 e. The molecule has 0 rings (SSSR count). The van der Waals surface area contributed by atoms with Crippen LogP contribution in [0, 0.1) is 0 Å². The molecule has 0 radical (unpaired) electrons. The Morgan fingerprint density at radius 3 is 1.09 bits per heavy atom. The number of likely N-dealkylation sites (N-methyl/N-ethyl adjacent to an activating group) is 1. The number of carboxylic acids is 1. The summed E-state index contributed by atoms with van der Waals surface area (Å²) in [6, 6.07) is 0. The van der Waals surface area contributed by atoms with E-state index < -0.39 is 24.3 Å². The van der Waals surface area contributed by atoms with Crippen LogP contribution in [0.15, 0.2) is 85.1 Å². The molecule has 0 fully saturated rings. The van der Waals surface area contributed by atoms with Crippen molar-refractivity contribution in [2.45, 2.75) is 309 Å². The van der Waals surface area contributed by atoms with Crippen LogP contribution in [0.2, 0.25) is 0 Å². The molecular formula is C72H128NO8+. The van der Waals surface area contributed by atoms with Gasteiger partial charge in [-0.1, -0.05) is 279 Å². The van der Waals surface area contributed by atoms with Gasteiger partial charge in [-0.15, -0.1) is 0 Å². The third-order valence-corrected chi connectivity index (χ3v) is 14.6. The molecule has 9 nitrogen and oxygen atoms in total. The number of aliphatic carboxylic acids is 1. The zero-order valence-corrected chi connectivity index (χ0v) is 53.4. The number of quaternary nitrogens is 1. The number of rotatable bonds is 62. The zero-order valence-electron chi connectivity index (χ0n) is 53.4. The topological polar surface area (TPSA) is 108 Å². The molecule has 0 bridgehead atoms. The van der Waals surface area contributed by atoms with Gasteiger partial charge in [0, 0.05) is 12.8 Å². The average molecular weight is 1140 g/mol. The van der Waals surface area contributed by atoms with Crippen LogP contribution < -0.4 is 0 Å². The van der Waals surface area contributed by atoms with Crippen LogP contribution >= 0.6 is 0 Å². The molecule has 2 unspecified atom stereocenters. The van der Waals surface area contributed by atoms with Crippen molar-refractivity contribution in [3.63, 3.8) is 0 Å². The molecule has 468 valence electrons. The number of allylic oxidation sites excluding steroid dienone is 14. The van der Waals surface area contributed by atoms with E-state index in [2.05, 4.69) is 98.9 Å². The lowest BCUT2D eigenvalue weighted by Crippen LogP contribution is -2.40. The maximum atomic E-state index is 12.9. The number of ether oxygens (including phenoxy) is 4. The van der Waals surface area contributed by atoms with E-state index in [-0.39, 0.29) is 32.2 Å². The van der Waals surface area contributed by atoms with Crippen molar-refractivity contribution in [2.24, 2.45) is 0 Å². The lowest BCUT2D eigenvalue weighted by molar-refractivity contribution is -0.870. The number of carbonyl (C=O) groups excluding carboxylic acids is 2. The lowest BCUT2D eigenvalue weighted by Gasteiger charge is -2.25. The van der Waals surface area contributed by atoms with E-state index in [1.54, 1.807) is 0 Å². The summed E-state index contributed by atoms with van der Waals surface area (Å²) in [6.07, 6.45) is 81.4. The van der Waals surface area contributed by atoms with E-state index in [0.29, 0.717) is 23.9 Å². The van der Waals surface area contributed by atoms with Gasteiger partial charge in [0.2, 0.25) is 0 Å². The van der Waals surface area contributed by atoms with Gasteiger partial charge in [0.25, 0.3) is 6.29 Å². The summed E-state index contributed by atoms with van der Waals surface area (Å²) in [7, 11) is 5.96. The zero-order chi connectivity index (χ0) is 59.1. The Morgan fingerprint density at radius 2 is 0.704 bits per heavy atom. The number of unbranched alkanes of at least 4 members (excludes halogenated alkanes) is 33. The molecule has 0 spiro atoms. The van der Waals surface area contributed by atoms with E-state index in [4.69, 9.17) is 18.9 Å². The van der Waals surface area contributed by atoms with Gasteiger partial charge in [-0.25, -0.2) is 4.79 Å². The van der Waals surface area contributed by atoms with E-state index in [0.717, 1.165) is 70.6 Å². The van der Waals surface area contributed by atoms with Gasteiger partial charge in [-0.2, -0.15) is 0 Å². The van der Waals surface area contributed by atoms with Crippen LogP contribution in [0.25, 0.3) is 0 Å². The molecule has 0 aliphatic rings. The number of carboxylic acid groups (broad SMARTS) is 1. The molecule has 1 N–H and O–H groups in total. The summed E-state index contributed by atoms with van der Waals surface area (Å²) >= 11 is 0. The van der Waals surface area contributed by atoms with Gasteiger partial charge in [0.1, 0.15) is 13.2 Å². The SMILES string of the molecule is CC/C=C\C/C=C\C/C=C\C/C=C\C/C=C\C/C=C\CCCCC(=O)OC(COC(=O)CCCCCCCCCCCCCCCCCCCCCCCCC/C=C\CCCCCCCCCC)COC(OCC[N+](C)(C)C)C(=O)O. The number of esters is 2. The summed E-state index contributed by atoms with van der Waals surface area (Å²) in [5, 5.41) is 9.72. The van der Waals surface area contributed by atoms with E-state index in [1.807, 2.05) is 21.1 Å². The van der Waals surface area contributed by atoms with Crippen molar-refractivity contribution in [1.82, 2.24) is 0 Å². The van der Waals surface area contributed by atoms with Gasteiger partial charge in [-0.3, -0.25) is 9.59 Å². The lowest BCUT2D eigenvalue weighted by atomic mass is 10.0. The predicted octanol–water partition coefficient (Wildman–Crippen LogP) is 20.7. The van der Waals surface area contributed by atoms with Crippen molar-refractivity contribution in [1.29, 1.82) is 0 Å². The largest absolute Gasteiger partial charge is 0.477 e. The van der Waals surface area contributed by atoms with Crippen LogP contribution in [0.1, 0.15) is 296 Å². The van der Waals surface area contributed by atoms with E-state index in [1.165, 1.54) is 193 Å². The summed E-state index contributed by atoms with van der Waals surface area (Å²) in [5.41, 5.74) is 0. The maximum absolute atomic E-state index is 12.9. The van der Waals surface area contributed by atoms with Crippen molar-refractivity contribution in [2.75, 3.05) is 47.5 Å². The first-order valence-electron chi connectivity index (χ1n) is 33.8. The van der Waals surface area contributed by atoms with Crippen molar-refractivity contribution in [3.05, 3.63) is 85.1 Å². The summed E-state index contributed by atoms with van der Waals surface area (Å²) in [4.78, 5) is 37.5. The number of carbonyl (C=O) groups is 3. The Bertz CT molecular complexity index is 1600. The quantitative estimate of drug-likeness (QED) is 0.0211. The number of hydrogen-bond donors (Lipinski definition) is 1. The van der Waals surface area contributed by atoms with Gasteiger partial charge in [0.05, 0.1) is 34.4 Å². The first kappa shape index (κ1) is 77.5. The van der Waals surface area contributed by atoms with Crippen LogP contribution in [0.5, 0.6) is 0 Å². The monoisotopic (exact) mass is 1130 g/mol. The van der Waals surface area contributed by atoms with Crippen molar-refractivity contribution in [3.8, 4) is 0 Å². The molecule has 0 saturated carbocycles. The summed E-state index contributed by atoms with van der Waals surface area (Å²) in [5.74, 6) is -2.06. The van der Waals surface area contributed by atoms with Crippen molar-refractivity contribution < 1.29 is 42.9 Å². The van der Waals surface area contributed by atoms with Crippen LogP contribution in [0.4, 0.5) is 0 Å². The van der Waals surface area contributed by atoms with Gasteiger partial charge in [-0.05, 0) is 89.9 Å². The fourth-order valence-corrected chi connectivity index (χ4v) is 9.48. The van der Waals surface area contributed by atoms with Crippen LogP contribution in [0.3, 0.4) is 0 Å². The molecule has 0 aromatic heterocycles. The molecule has 0 heterocycles. The molecule has 0 amide bonds. The normalized spacial score (nSPS) is 13.2. The van der Waals surface area contributed by atoms with Crippen molar-refractivity contribution >= 4 is 17.9 Å². The standard InChI is InChI=1S/C72H127NO8/c1-6-8-10-12-14-16-18-20-22-24-26-28-29-30-31-32-33-34-35-36-37-38-39-40-41-43-44-46-48-50-52-54-56-58-60-62-69(74)79-66-68(67-80-72(71(76)77)78-65-64-73(3,4)5)81-70(75)63-61-59-57-55-53-51-49-47-45-42-27-25-23-21-19-17-15-13-11-9-7-2/h9,11,15,17,21,23-24,26-27,42,47,49,53,55,68,72H,6-8,10,12-14,16,18-20,22,25,28-41,43-46,48,50-52,54,56-67H2,1-5H3/p+1/b11-9-,17-15-,23-21-,26-24-,42-27-,49-47-,55-53-. The Labute approximate surface area is 500 Å². The smallest absolute Gasteiger partial charge is 0.361 e. The minimum absolute atomic E-state index is 0.176. The summed E-state index contributed by atoms with van der Waals surface area (Å²) < 4.78 is 22.9. The second-order valence-corrected chi connectivity index (χ2v) is 23.7. The Balaban J connectivity index is 4.09. The van der Waals surface area contributed by atoms with Gasteiger partial charge in [0.15, 0.2) is 6.10 Å². The first-order chi connectivity index (χ1) is 39.6. The minimum atomic E-state index is -1.53. The van der Waals surface area contributed by atoms with Gasteiger partial charge < -0.3 is 28.5 Å². The average Bonchev–Trinajstić information content (AvgIpc) is 3.44. The molecule has 81 heavy (non-hydrogen) atoms. The summed E-state index contributed by atoms with van der Waals surface area (Å²) in [6.45, 7) is 4.73. The number of nitrogens with zero attached hydrogens (tertiary/aromatic N) is 1. The Hall–Kier alpha value is -3.53. The highest BCUT2D eigenvalue weighted by atomic mass is 16.7. The van der Waals surface area contributed by atoms with E-state index in [9.17, 15) is 19.5 Å². The van der Waals surface area contributed by atoms with Crippen LogP contribution in [-0.4, -0.2) is 87.4 Å². The van der Waals surface area contributed by atoms with E-state index >= 15 is 0 Å². The highest BCUT2D eigenvalue weighted by molar-refractivity contribution is 5.71. The first-order valence-corrected chi connectivity index (χ1v) is 33.8. The Morgan fingerprint density at radius 1 is 0.383 bits per heavy atom. The molecule has 9 heteroatoms.